The number of hydrogen-bond donors (Lipinski definition) is 2. The molecule has 0 spiro atoms. The lowest BCUT2D eigenvalue weighted by molar-refractivity contribution is -0.119. The van der Waals surface area contributed by atoms with Gasteiger partial charge in [-0.05, 0) is 18.4 Å². The van der Waals surface area contributed by atoms with Crippen molar-refractivity contribution in [3.63, 3.8) is 0 Å². The van der Waals surface area contributed by atoms with Crippen LogP contribution in [0.5, 0.6) is 0 Å². The van der Waals surface area contributed by atoms with Crippen LogP contribution in [0.2, 0.25) is 0 Å². The number of nitrogens with zero attached hydrogens (tertiary/aromatic N) is 3. The van der Waals surface area contributed by atoms with Gasteiger partial charge in [-0.3, -0.25) is 14.3 Å². The Morgan fingerprint density at radius 2 is 1.90 bits per heavy atom. The van der Waals surface area contributed by atoms with E-state index < -0.39 is 0 Å². The average molecular weight is 446 g/mol. The molecule has 2 fully saturated rings. The lowest BCUT2D eigenvalue weighted by Gasteiger charge is -2.48. The van der Waals surface area contributed by atoms with Gasteiger partial charge in [-0.25, -0.2) is 9.89 Å². The van der Waals surface area contributed by atoms with Crippen molar-refractivity contribution in [3.05, 3.63) is 46.4 Å². The van der Waals surface area contributed by atoms with Crippen molar-refractivity contribution in [1.29, 1.82) is 0 Å². The number of carbonyl (C=O) groups is 1. The van der Waals surface area contributed by atoms with E-state index in [2.05, 4.69) is 20.4 Å². The van der Waals surface area contributed by atoms with Crippen molar-refractivity contribution in [2.24, 2.45) is 0 Å². The van der Waals surface area contributed by atoms with Crippen LogP contribution < -0.4 is 11.0 Å². The fourth-order valence-corrected chi connectivity index (χ4v) is 5.39. The number of nitrogens with one attached hydrogen (secondary N) is 2. The van der Waals surface area contributed by atoms with Crippen molar-refractivity contribution in [3.8, 4) is 0 Å². The predicted molar refractivity (Wildman–Crippen MR) is 120 cm³/mol. The number of aromatic nitrogens is 3. The maximum Gasteiger partial charge on any atom is 0.344 e. The van der Waals surface area contributed by atoms with Gasteiger partial charge in [-0.1, -0.05) is 61.4 Å². The maximum absolute atomic E-state index is 12.7. The standard InChI is InChI=1S/C22H31N5O3S/c28-19(23-17-22(9-5-2-6-10-22)26-11-13-30-14-12-26)16-31-21-25-24-20(29)27(21)15-18-7-3-1-4-8-18/h1,3-4,7-8H,2,5-6,9-17H2,(H,23,28)(H,24,29). The zero-order valence-electron chi connectivity index (χ0n) is 17.8. The number of aromatic amines is 1. The lowest BCUT2D eigenvalue weighted by atomic mass is 9.79. The molecule has 0 atom stereocenters. The molecule has 168 valence electrons. The van der Waals surface area contributed by atoms with E-state index >= 15 is 0 Å². The van der Waals surface area contributed by atoms with Gasteiger partial charge in [0.1, 0.15) is 0 Å². The summed E-state index contributed by atoms with van der Waals surface area (Å²) in [5.41, 5.74) is 0.798. The molecular weight excluding hydrogens is 414 g/mol. The third-order valence-corrected chi connectivity index (χ3v) is 7.30. The summed E-state index contributed by atoms with van der Waals surface area (Å²) >= 11 is 1.29. The molecule has 4 rings (SSSR count). The van der Waals surface area contributed by atoms with Crippen molar-refractivity contribution in [1.82, 2.24) is 25.0 Å². The highest BCUT2D eigenvalue weighted by Gasteiger charge is 2.38. The first kappa shape index (κ1) is 22.1. The van der Waals surface area contributed by atoms with Gasteiger partial charge in [0.2, 0.25) is 5.91 Å². The first-order chi connectivity index (χ1) is 15.2. The van der Waals surface area contributed by atoms with E-state index in [1.54, 1.807) is 4.57 Å². The largest absolute Gasteiger partial charge is 0.379 e. The van der Waals surface area contributed by atoms with Crippen molar-refractivity contribution < 1.29 is 9.53 Å². The smallest absolute Gasteiger partial charge is 0.344 e. The molecule has 0 radical (unpaired) electrons. The number of rotatable bonds is 8. The molecule has 1 amide bonds. The van der Waals surface area contributed by atoms with E-state index in [-0.39, 0.29) is 22.9 Å². The van der Waals surface area contributed by atoms with Crippen LogP contribution in [0.4, 0.5) is 0 Å². The molecule has 9 heteroatoms. The normalized spacial score (nSPS) is 19.2. The van der Waals surface area contributed by atoms with Gasteiger partial charge in [0.15, 0.2) is 5.16 Å². The molecule has 1 aromatic carbocycles. The molecule has 0 unspecified atom stereocenters. The van der Waals surface area contributed by atoms with Gasteiger partial charge < -0.3 is 10.1 Å². The van der Waals surface area contributed by atoms with Crippen LogP contribution in [0.15, 0.2) is 40.3 Å². The number of H-pyrrole nitrogens is 1. The highest BCUT2D eigenvalue weighted by atomic mass is 32.2. The fraction of sp³-hybridized carbons (Fsp3) is 0.591. The minimum atomic E-state index is -0.264. The summed E-state index contributed by atoms with van der Waals surface area (Å²) in [7, 11) is 0. The van der Waals surface area contributed by atoms with Gasteiger partial charge in [0.05, 0.1) is 25.5 Å². The number of hydrogen-bond acceptors (Lipinski definition) is 6. The van der Waals surface area contributed by atoms with E-state index in [0.717, 1.165) is 44.7 Å². The Balaban J connectivity index is 1.33. The zero-order valence-corrected chi connectivity index (χ0v) is 18.7. The highest BCUT2D eigenvalue weighted by molar-refractivity contribution is 7.99. The SMILES string of the molecule is O=C(CSc1n[nH]c(=O)n1Cc1ccccc1)NCC1(N2CCOCC2)CCCCC1. The van der Waals surface area contributed by atoms with E-state index in [1.165, 1.54) is 31.0 Å². The van der Waals surface area contributed by atoms with Crippen LogP contribution in [-0.2, 0) is 16.1 Å². The van der Waals surface area contributed by atoms with Crippen LogP contribution in [0.1, 0.15) is 37.7 Å². The summed E-state index contributed by atoms with van der Waals surface area (Å²) in [6, 6.07) is 9.76. The molecule has 31 heavy (non-hydrogen) atoms. The van der Waals surface area contributed by atoms with Gasteiger partial charge in [-0.15, -0.1) is 5.10 Å². The van der Waals surface area contributed by atoms with Gasteiger partial charge >= 0.3 is 5.69 Å². The van der Waals surface area contributed by atoms with Crippen LogP contribution >= 0.6 is 11.8 Å². The van der Waals surface area contributed by atoms with Crippen molar-refractivity contribution in [2.75, 3.05) is 38.6 Å². The Morgan fingerprint density at radius 3 is 2.65 bits per heavy atom. The van der Waals surface area contributed by atoms with E-state index in [4.69, 9.17) is 4.74 Å². The summed E-state index contributed by atoms with van der Waals surface area (Å²) < 4.78 is 7.11. The minimum Gasteiger partial charge on any atom is -0.379 e. The number of morpholine rings is 1. The highest BCUT2D eigenvalue weighted by Crippen LogP contribution is 2.34. The number of amides is 1. The molecule has 8 nitrogen and oxygen atoms in total. The molecule has 2 aromatic rings. The Labute approximate surface area is 186 Å². The molecule has 0 bridgehead atoms. The first-order valence-corrected chi connectivity index (χ1v) is 12.1. The topological polar surface area (TPSA) is 92.2 Å². The summed E-state index contributed by atoms with van der Waals surface area (Å²) in [6.07, 6.45) is 5.93. The monoisotopic (exact) mass is 445 g/mol. The molecule has 2 aliphatic rings. The Morgan fingerprint density at radius 1 is 1.16 bits per heavy atom. The number of thioether (sulfide) groups is 1. The van der Waals surface area contributed by atoms with Crippen LogP contribution in [0.3, 0.4) is 0 Å². The van der Waals surface area contributed by atoms with Crippen LogP contribution in [0, 0.1) is 0 Å². The summed E-state index contributed by atoms with van der Waals surface area (Å²) in [6.45, 7) is 4.50. The molecule has 2 heterocycles. The van der Waals surface area contributed by atoms with E-state index in [9.17, 15) is 9.59 Å². The van der Waals surface area contributed by atoms with Crippen molar-refractivity contribution >= 4 is 17.7 Å². The number of carbonyl (C=O) groups excluding carboxylic acids is 1. The maximum atomic E-state index is 12.7. The van der Waals surface area contributed by atoms with Gasteiger partial charge in [-0.2, -0.15) is 0 Å². The second-order valence-corrected chi connectivity index (χ2v) is 9.28. The van der Waals surface area contributed by atoms with Gasteiger partial charge in [0, 0.05) is 25.2 Å². The molecular formula is C22H31N5O3S. The Bertz CT molecular complexity index is 901. The molecule has 1 saturated carbocycles. The third kappa shape index (κ3) is 5.58. The summed E-state index contributed by atoms with van der Waals surface area (Å²) in [4.78, 5) is 27.3. The number of ether oxygens (including phenoxy) is 1. The molecule has 1 aliphatic carbocycles. The Hall–Kier alpha value is -2.10. The first-order valence-electron chi connectivity index (χ1n) is 11.1. The third-order valence-electron chi connectivity index (χ3n) is 6.32. The van der Waals surface area contributed by atoms with Crippen LogP contribution in [-0.4, -0.2) is 69.7 Å². The Kier molecular flexibility index (Phi) is 7.47. The lowest BCUT2D eigenvalue weighted by Crippen LogP contribution is -2.59. The zero-order chi connectivity index (χ0) is 21.5. The second kappa shape index (κ2) is 10.5. The summed E-state index contributed by atoms with van der Waals surface area (Å²) in [5, 5.41) is 10.3. The minimum absolute atomic E-state index is 0.0232. The van der Waals surface area contributed by atoms with Crippen molar-refractivity contribution in [2.45, 2.75) is 49.3 Å². The van der Waals surface area contributed by atoms with E-state index in [0.29, 0.717) is 18.2 Å². The fourth-order valence-electron chi connectivity index (χ4n) is 4.62. The molecule has 1 aromatic heterocycles. The second-order valence-electron chi connectivity index (χ2n) is 8.33. The quantitative estimate of drug-likeness (QED) is 0.603. The van der Waals surface area contributed by atoms with Gasteiger partial charge in [0.25, 0.3) is 0 Å². The predicted octanol–water partition coefficient (Wildman–Crippen LogP) is 1.86. The van der Waals surface area contributed by atoms with E-state index in [1.807, 2.05) is 30.3 Å². The summed E-state index contributed by atoms with van der Waals surface area (Å²) in [5.74, 6) is 0.211. The van der Waals surface area contributed by atoms with Crippen LogP contribution in [0.25, 0.3) is 0 Å². The molecule has 1 aliphatic heterocycles. The molecule has 2 N–H and O–H groups in total. The number of benzene rings is 1. The molecule has 1 saturated heterocycles. The average Bonchev–Trinajstić information content (AvgIpc) is 3.17.